The van der Waals surface area contributed by atoms with E-state index in [1.165, 1.54) is 17.5 Å². The molecule has 1 unspecified atom stereocenters. The molecule has 0 bridgehead atoms. The number of nitrogens with zero attached hydrogens (tertiary/aromatic N) is 2. The number of benzene rings is 1. The number of hydrogen-bond donors (Lipinski definition) is 0. The van der Waals surface area contributed by atoms with Crippen LogP contribution in [0.4, 0.5) is 5.69 Å². The zero-order valence-corrected chi connectivity index (χ0v) is 14.6. The molecular formula is C15H20N2O7S. The van der Waals surface area contributed by atoms with Crippen LogP contribution in [0.15, 0.2) is 23.1 Å². The van der Waals surface area contributed by atoms with Gasteiger partial charge in [-0.15, -0.1) is 0 Å². The molecule has 0 amide bonds. The van der Waals surface area contributed by atoms with Gasteiger partial charge in [-0.3, -0.25) is 10.1 Å². The summed E-state index contributed by atoms with van der Waals surface area (Å²) in [7, 11) is -2.62. The van der Waals surface area contributed by atoms with Crippen molar-refractivity contribution in [2.45, 2.75) is 36.5 Å². The number of methoxy groups -OCH3 is 1. The predicted octanol–water partition coefficient (Wildman–Crippen LogP) is 1.52. The summed E-state index contributed by atoms with van der Waals surface area (Å²) in [5, 5.41) is 10.9. The minimum atomic E-state index is -3.91. The summed E-state index contributed by atoms with van der Waals surface area (Å²) >= 11 is 0. The zero-order valence-electron chi connectivity index (χ0n) is 13.8. The van der Waals surface area contributed by atoms with Crippen LogP contribution in [0.5, 0.6) is 5.75 Å². The molecule has 1 aromatic carbocycles. The molecule has 0 saturated carbocycles. The van der Waals surface area contributed by atoms with Gasteiger partial charge in [0.1, 0.15) is 10.6 Å². The molecule has 138 valence electrons. The lowest BCUT2D eigenvalue weighted by Gasteiger charge is -2.37. The van der Waals surface area contributed by atoms with Crippen molar-refractivity contribution < 1.29 is 27.6 Å². The lowest BCUT2D eigenvalue weighted by molar-refractivity contribution is -0.385. The third-order valence-electron chi connectivity index (χ3n) is 4.40. The molecular weight excluding hydrogens is 352 g/mol. The maximum absolute atomic E-state index is 13.2. The molecule has 3 rings (SSSR count). The Morgan fingerprint density at radius 3 is 2.64 bits per heavy atom. The zero-order chi connectivity index (χ0) is 18.0. The number of piperidine rings is 1. The Morgan fingerprint density at radius 1 is 1.28 bits per heavy atom. The van der Waals surface area contributed by atoms with Gasteiger partial charge in [0, 0.05) is 12.6 Å². The van der Waals surface area contributed by atoms with Crippen molar-refractivity contribution >= 4 is 15.7 Å². The molecule has 25 heavy (non-hydrogen) atoms. The first-order valence-corrected chi connectivity index (χ1v) is 9.46. The third-order valence-corrected chi connectivity index (χ3v) is 6.37. The third kappa shape index (κ3) is 3.47. The maximum Gasteiger partial charge on any atom is 0.273 e. The highest BCUT2D eigenvalue weighted by molar-refractivity contribution is 7.89. The van der Waals surface area contributed by atoms with Crippen LogP contribution in [0.1, 0.15) is 19.3 Å². The van der Waals surface area contributed by atoms with Gasteiger partial charge in [0.25, 0.3) is 5.69 Å². The summed E-state index contributed by atoms with van der Waals surface area (Å²) in [5.74, 6) is -0.0493. The Hall–Kier alpha value is -1.75. The van der Waals surface area contributed by atoms with Crippen molar-refractivity contribution in [3.63, 3.8) is 0 Å². The fourth-order valence-corrected chi connectivity index (χ4v) is 5.03. The first-order valence-electron chi connectivity index (χ1n) is 8.02. The first-order chi connectivity index (χ1) is 11.9. The molecule has 1 atom stereocenters. The number of rotatable bonds is 5. The second kappa shape index (κ2) is 7.24. The molecule has 0 N–H and O–H groups in total. The summed E-state index contributed by atoms with van der Waals surface area (Å²) in [6, 6.07) is 3.08. The van der Waals surface area contributed by atoms with Gasteiger partial charge in [-0.25, -0.2) is 8.42 Å². The molecule has 0 aliphatic carbocycles. The van der Waals surface area contributed by atoms with Gasteiger partial charge in [-0.2, -0.15) is 4.31 Å². The van der Waals surface area contributed by atoms with Gasteiger partial charge in [-0.1, -0.05) is 6.42 Å². The van der Waals surface area contributed by atoms with Gasteiger partial charge in [0.15, 0.2) is 6.29 Å². The van der Waals surface area contributed by atoms with Crippen LogP contribution in [-0.4, -0.2) is 56.8 Å². The van der Waals surface area contributed by atoms with Crippen LogP contribution >= 0.6 is 0 Å². The van der Waals surface area contributed by atoms with Crippen LogP contribution in [0, 0.1) is 10.1 Å². The average Bonchev–Trinajstić information content (AvgIpc) is 3.15. The van der Waals surface area contributed by atoms with Crippen LogP contribution in [-0.2, 0) is 19.5 Å². The Morgan fingerprint density at radius 2 is 2.00 bits per heavy atom. The Labute approximate surface area is 145 Å². The van der Waals surface area contributed by atoms with Crippen LogP contribution < -0.4 is 4.74 Å². The largest absolute Gasteiger partial charge is 0.495 e. The summed E-state index contributed by atoms with van der Waals surface area (Å²) in [4.78, 5) is 10.2. The van der Waals surface area contributed by atoms with Crippen molar-refractivity contribution in [1.82, 2.24) is 4.31 Å². The van der Waals surface area contributed by atoms with E-state index in [9.17, 15) is 18.5 Å². The van der Waals surface area contributed by atoms with E-state index in [1.807, 2.05) is 0 Å². The first kappa shape index (κ1) is 18.1. The van der Waals surface area contributed by atoms with Gasteiger partial charge < -0.3 is 14.2 Å². The van der Waals surface area contributed by atoms with Crippen molar-refractivity contribution in [3.8, 4) is 5.75 Å². The van der Waals surface area contributed by atoms with Crippen molar-refractivity contribution in [3.05, 3.63) is 28.3 Å². The quantitative estimate of drug-likeness (QED) is 0.569. The van der Waals surface area contributed by atoms with E-state index < -0.39 is 27.3 Å². The number of nitro benzene ring substituents is 1. The Balaban J connectivity index is 1.97. The number of ether oxygens (including phenoxy) is 3. The van der Waals surface area contributed by atoms with E-state index in [4.69, 9.17) is 14.2 Å². The van der Waals surface area contributed by atoms with Crippen LogP contribution in [0.2, 0.25) is 0 Å². The standard InChI is InChI=1S/C15H20N2O7S/c1-22-13-10-11(17(18)19)5-6-14(13)25(20,21)16-7-3-2-4-12(16)15-23-8-9-24-15/h5-6,10,12,15H,2-4,7-9H2,1H3. The second-order valence-electron chi connectivity index (χ2n) is 5.88. The molecule has 2 fully saturated rings. The van der Waals surface area contributed by atoms with Gasteiger partial charge >= 0.3 is 0 Å². The lowest BCUT2D eigenvalue weighted by atomic mass is 10.0. The number of non-ortho nitro benzene ring substituents is 1. The molecule has 0 aromatic heterocycles. The smallest absolute Gasteiger partial charge is 0.273 e. The van der Waals surface area contributed by atoms with Gasteiger partial charge in [0.05, 0.1) is 37.4 Å². The summed E-state index contributed by atoms with van der Waals surface area (Å²) in [6.07, 6.45) is 1.67. The van der Waals surface area contributed by atoms with E-state index in [-0.39, 0.29) is 16.3 Å². The maximum atomic E-state index is 13.2. The lowest BCUT2D eigenvalue weighted by Crippen LogP contribution is -2.50. The van der Waals surface area contributed by atoms with Crippen molar-refractivity contribution in [1.29, 1.82) is 0 Å². The summed E-state index contributed by atoms with van der Waals surface area (Å²) < 4.78 is 43.9. The minimum Gasteiger partial charge on any atom is -0.495 e. The van der Waals surface area contributed by atoms with E-state index in [1.54, 1.807) is 0 Å². The molecule has 2 heterocycles. The number of sulfonamides is 1. The molecule has 2 aliphatic heterocycles. The highest BCUT2D eigenvalue weighted by Gasteiger charge is 2.41. The Bertz CT molecular complexity index is 746. The highest BCUT2D eigenvalue weighted by Crippen LogP contribution is 2.35. The molecule has 9 nitrogen and oxygen atoms in total. The fourth-order valence-electron chi connectivity index (χ4n) is 3.21. The van der Waals surface area contributed by atoms with E-state index >= 15 is 0 Å². The Kier molecular flexibility index (Phi) is 5.23. The van der Waals surface area contributed by atoms with Gasteiger partial charge in [0.2, 0.25) is 10.0 Å². The summed E-state index contributed by atoms with van der Waals surface area (Å²) in [5.41, 5.74) is -0.228. The minimum absolute atomic E-state index is 0.0493. The average molecular weight is 372 g/mol. The predicted molar refractivity (Wildman–Crippen MR) is 86.9 cm³/mol. The fraction of sp³-hybridized carbons (Fsp3) is 0.600. The molecule has 10 heteroatoms. The molecule has 2 aliphatic rings. The topological polar surface area (TPSA) is 108 Å². The molecule has 2 saturated heterocycles. The van der Waals surface area contributed by atoms with Crippen LogP contribution in [0.3, 0.4) is 0 Å². The van der Waals surface area contributed by atoms with Gasteiger partial charge in [-0.05, 0) is 18.9 Å². The molecule has 0 radical (unpaired) electrons. The number of nitro groups is 1. The van der Waals surface area contributed by atoms with Crippen molar-refractivity contribution in [2.24, 2.45) is 0 Å². The van der Waals surface area contributed by atoms with Crippen molar-refractivity contribution in [2.75, 3.05) is 26.9 Å². The van der Waals surface area contributed by atoms with E-state index in [2.05, 4.69) is 0 Å². The molecule has 1 aromatic rings. The summed E-state index contributed by atoms with van der Waals surface area (Å²) in [6.45, 7) is 1.22. The molecule has 0 spiro atoms. The SMILES string of the molecule is COc1cc([N+](=O)[O-])ccc1S(=O)(=O)N1CCCCC1C1OCCO1. The second-order valence-corrected chi connectivity index (χ2v) is 7.74. The number of hydrogen-bond acceptors (Lipinski definition) is 7. The van der Waals surface area contributed by atoms with Crippen LogP contribution in [0.25, 0.3) is 0 Å². The normalized spacial score (nSPS) is 22.8. The van der Waals surface area contributed by atoms with E-state index in [0.717, 1.165) is 25.0 Å². The monoisotopic (exact) mass is 372 g/mol. The van der Waals surface area contributed by atoms with E-state index in [0.29, 0.717) is 26.2 Å². The highest BCUT2D eigenvalue weighted by atomic mass is 32.2.